The first kappa shape index (κ1) is 9.03. The Bertz CT molecular complexity index is 243. The number of aliphatic hydroxyl groups is 1. The number of hydrogen-bond acceptors (Lipinski definition) is 3. The standard InChI is InChI=1S/C9H14N2O/c1-6(10)9(12)7-2-4-8(11)5-3-7/h2-6,9,12H,10-11H2,1H3. The van der Waals surface area contributed by atoms with Crippen LogP contribution in [-0.2, 0) is 0 Å². The molecule has 0 aromatic heterocycles. The van der Waals surface area contributed by atoms with Crippen LogP contribution in [0.25, 0.3) is 0 Å². The molecule has 5 N–H and O–H groups in total. The topological polar surface area (TPSA) is 72.3 Å². The molecule has 3 heteroatoms. The van der Waals surface area contributed by atoms with Gasteiger partial charge in [-0.1, -0.05) is 12.1 Å². The minimum atomic E-state index is -0.606. The SMILES string of the molecule is CC(N)C(O)c1ccc(N)cc1. The van der Waals surface area contributed by atoms with Gasteiger partial charge in [0.05, 0.1) is 6.10 Å². The average molecular weight is 166 g/mol. The van der Waals surface area contributed by atoms with E-state index in [9.17, 15) is 5.11 Å². The van der Waals surface area contributed by atoms with Crippen LogP contribution in [0.4, 0.5) is 5.69 Å². The Labute approximate surface area is 72.0 Å². The van der Waals surface area contributed by atoms with Gasteiger partial charge >= 0.3 is 0 Å². The Morgan fingerprint density at radius 3 is 2.17 bits per heavy atom. The minimum Gasteiger partial charge on any atom is -0.399 e. The molecule has 0 radical (unpaired) electrons. The number of anilines is 1. The molecule has 1 aromatic carbocycles. The van der Waals surface area contributed by atoms with Crippen molar-refractivity contribution in [1.29, 1.82) is 0 Å². The number of benzene rings is 1. The quantitative estimate of drug-likeness (QED) is 0.565. The molecule has 0 amide bonds. The van der Waals surface area contributed by atoms with Crippen molar-refractivity contribution in [2.45, 2.75) is 19.1 Å². The van der Waals surface area contributed by atoms with Gasteiger partial charge in [0.1, 0.15) is 0 Å². The Hall–Kier alpha value is -1.06. The minimum absolute atomic E-state index is 0.256. The summed E-state index contributed by atoms with van der Waals surface area (Å²) in [7, 11) is 0. The summed E-state index contributed by atoms with van der Waals surface area (Å²) in [5.74, 6) is 0. The Kier molecular flexibility index (Phi) is 2.68. The molecular formula is C9H14N2O. The number of nitrogen functional groups attached to an aromatic ring is 1. The largest absolute Gasteiger partial charge is 0.399 e. The number of rotatable bonds is 2. The van der Waals surface area contributed by atoms with Crippen molar-refractivity contribution in [1.82, 2.24) is 0 Å². The van der Waals surface area contributed by atoms with Crippen molar-refractivity contribution in [3.8, 4) is 0 Å². The maximum absolute atomic E-state index is 9.52. The molecule has 0 saturated carbocycles. The second kappa shape index (κ2) is 3.56. The van der Waals surface area contributed by atoms with Crippen LogP contribution in [0, 0.1) is 0 Å². The van der Waals surface area contributed by atoms with Crippen LogP contribution >= 0.6 is 0 Å². The monoisotopic (exact) mass is 166 g/mol. The Balaban J connectivity index is 2.82. The van der Waals surface area contributed by atoms with Gasteiger partial charge in [-0.15, -0.1) is 0 Å². The van der Waals surface area contributed by atoms with Crippen LogP contribution in [-0.4, -0.2) is 11.1 Å². The highest BCUT2D eigenvalue weighted by Gasteiger charge is 2.10. The smallest absolute Gasteiger partial charge is 0.0938 e. The van der Waals surface area contributed by atoms with Crippen LogP contribution in [0.2, 0.25) is 0 Å². The highest BCUT2D eigenvalue weighted by Crippen LogP contribution is 2.16. The van der Waals surface area contributed by atoms with Gasteiger partial charge in [0.2, 0.25) is 0 Å². The number of hydrogen-bond donors (Lipinski definition) is 3. The van der Waals surface area contributed by atoms with Crippen LogP contribution in [0.1, 0.15) is 18.6 Å². The third-order valence-corrected chi connectivity index (χ3v) is 1.78. The summed E-state index contributed by atoms with van der Waals surface area (Å²) >= 11 is 0. The zero-order valence-corrected chi connectivity index (χ0v) is 7.07. The molecule has 1 aromatic rings. The summed E-state index contributed by atoms with van der Waals surface area (Å²) in [4.78, 5) is 0. The van der Waals surface area contributed by atoms with E-state index >= 15 is 0 Å². The summed E-state index contributed by atoms with van der Waals surface area (Å²) in [6, 6.07) is 6.81. The van der Waals surface area contributed by atoms with Crippen molar-refractivity contribution in [3.05, 3.63) is 29.8 Å². The van der Waals surface area contributed by atoms with Gasteiger partial charge in [0.25, 0.3) is 0 Å². The lowest BCUT2D eigenvalue weighted by molar-refractivity contribution is 0.153. The molecule has 0 aliphatic rings. The van der Waals surface area contributed by atoms with E-state index in [1.165, 1.54) is 0 Å². The molecule has 0 bridgehead atoms. The van der Waals surface area contributed by atoms with Crippen LogP contribution in [0.3, 0.4) is 0 Å². The van der Waals surface area contributed by atoms with E-state index in [2.05, 4.69) is 0 Å². The molecule has 0 heterocycles. The van der Waals surface area contributed by atoms with E-state index in [1.807, 2.05) is 0 Å². The van der Waals surface area contributed by atoms with E-state index < -0.39 is 6.10 Å². The fourth-order valence-electron chi connectivity index (χ4n) is 0.997. The molecule has 12 heavy (non-hydrogen) atoms. The first-order chi connectivity index (χ1) is 5.61. The van der Waals surface area contributed by atoms with Crippen LogP contribution in [0.5, 0.6) is 0 Å². The van der Waals surface area contributed by atoms with Crippen molar-refractivity contribution < 1.29 is 5.11 Å². The second-order valence-electron chi connectivity index (χ2n) is 2.97. The molecule has 66 valence electrons. The van der Waals surface area contributed by atoms with Gasteiger partial charge in [-0.25, -0.2) is 0 Å². The lowest BCUT2D eigenvalue weighted by Gasteiger charge is -2.14. The summed E-state index contributed by atoms with van der Waals surface area (Å²) in [5, 5.41) is 9.52. The van der Waals surface area contributed by atoms with E-state index in [0.29, 0.717) is 5.69 Å². The van der Waals surface area contributed by atoms with Crippen molar-refractivity contribution in [2.75, 3.05) is 5.73 Å². The normalized spacial score (nSPS) is 15.6. The second-order valence-corrected chi connectivity index (χ2v) is 2.97. The third-order valence-electron chi connectivity index (χ3n) is 1.78. The molecule has 0 fully saturated rings. The van der Waals surface area contributed by atoms with E-state index in [0.717, 1.165) is 5.56 Å². The van der Waals surface area contributed by atoms with Gasteiger partial charge < -0.3 is 16.6 Å². The van der Waals surface area contributed by atoms with Crippen molar-refractivity contribution in [2.24, 2.45) is 5.73 Å². The maximum Gasteiger partial charge on any atom is 0.0938 e. The third kappa shape index (κ3) is 1.96. The molecule has 0 saturated heterocycles. The summed E-state index contributed by atoms with van der Waals surface area (Å²) in [6.45, 7) is 1.76. The van der Waals surface area contributed by atoms with Crippen molar-refractivity contribution >= 4 is 5.69 Å². The summed E-state index contributed by atoms with van der Waals surface area (Å²) < 4.78 is 0. The van der Waals surface area contributed by atoms with Crippen LogP contribution in [0.15, 0.2) is 24.3 Å². The van der Waals surface area contributed by atoms with E-state index in [-0.39, 0.29) is 6.04 Å². The molecule has 1 rings (SSSR count). The highest BCUT2D eigenvalue weighted by atomic mass is 16.3. The number of aliphatic hydroxyl groups excluding tert-OH is 1. The lowest BCUT2D eigenvalue weighted by atomic mass is 10.0. The highest BCUT2D eigenvalue weighted by molar-refractivity contribution is 5.40. The summed E-state index contributed by atoms with van der Waals surface area (Å²) in [5.41, 5.74) is 12.5. The van der Waals surface area contributed by atoms with Gasteiger partial charge in [-0.2, -0.15) is 0 Å². The van der Waals surface area contributed by atoms with Crippen LogP contribution < -0.4 is 11.5 Å². The molecule has 3 nitrogen and oxygen atoms in total. The first-order valence-electron chi connectivity index (χ1n) is 3.90. The summed E-state index contributed by atoms with van der Waals surface area (Å²) in [6.07, 6.45) is -0.606. The molecule has 2 unspecified atom stereocenters. The molecule has 2 atom stereocenters. The maximum atomic E-state index is 9.52. The van der Waals surface area contributed by atoms with Gasteiger partial charge in [-0.05, 0) is 24.6 Å². The molecular weight excluding hydrogens is 152 g/mol. The molecule has 0 aliphatic carbocycles. The fraction of sp³-hybridized carbons (Fsp3) is 0.333. The fourth-order valence-corrected chi connectivity index (χ4v) is 0.997. The van der Waals surface area contributed by atoms with Crippen molar-refractivity contribution in [3.63, 3.8) is 0 Å². The molecule has 0 aliphatic heterocycles. The van der Waals surface area contributed by atoms with Gasteiger partial charge in [0.15, 0.2) is 0 Å². The molecule has 0 spiro atoms. The Morgan fingerprint density at radius 1 is 1.25 bits per heavy atom. The predicted octanol–water partition coefficient (Wildman–Crippen LogP) is 0.649. The Morgan fingerprint density at radius 2 is 1.75 bits per heavy atom. The van der Waals surface area contributed by atoms with E-state index in [4.69, 9.17) is 11.5 Å². The lowest BCUT2D eigenvalue weighted by Crippen LogP contribution is -2.24. The average Bonchev–Trinajstić information content (AvgIpc) is 2.04. The zero-order chi connectivity index (χ0) is 9.14. The first-order valence-corrected chi connectivity index (χ1v) is 3.90. The number of nitrogens with two attached hydrogens (primary N) is 2. The van der Waals surface area contributed by atoms with Gasteiger partial charge in [-0.3, -0.25) is 0 Å². The predicted molar refractivity (Wildman–Crippen MR) is 49.5 cm³/mol. The zero-order valence-electron chi connectivity index (χ0n) is 7.07. The van der Waals surface area contributed by atoms with Gasteiger partial charge in [0, 0.05) is 11.7 Å². The van der Waals surface area contributed by atoms with E-state index in [1.54, 1.807) is 31.2 Å².